The molecule has 13 heavy (non-hydrogen) atoms. The van der Waals surface area contributed by atoms with E-state index in [9.17, 15) is 5.11 Å². The van der Waals surface area contributed by atoms with Crippen molar-refractivity contribution in [3.63, 3.8) is 0 Å². The van der Waals surface area contributed by atoms with Gasteiger partial charge in [-0.2, -0.15) is 12.6 Å². The maximum atomic E-state index is 9.39. The summed E-state index contributed by atoms with van der Waals surface area (Å²) in [5, 5.41) is 9.39. The number of hydrogen-bond acceptors (Lipinski definition) is 4. The Morgan fingerprint density at radius 2 is 2.15 bits per heavy atom. The van der Waals surface area contributed by atoms with Gasteiger partial charge in [-0.25, -0.2) is 0 Å². The summed E-state index contributed by atoms with van der Waals surface area (Å²) < 4.78 is 4.84. The highest BCUT2D eigenvalue weighted by atomic mass is 32.1. The molecule has 0 saturated carbocycles. The smallest absolute Gasteiger partial charge is 0.0899 e. The molecule has 0 aromatic rings. The summed E-state index contributed by atoms with van der Waals surface area (Å²) in [7, 11) is 3.61. The number of aliphatic hydroxyl groups is 1. The minimum Gasteiger partial charge on any atom is -0.389 e. The Morgan fingerprint density at radius 1 is 1.46 bits per heavy atom. The zero-order chi connectivity index (χ0) is 10.1. The van der Waals surface area contributed by atoms with Crippen LogP contribution in [-0.2, 0) is 4.74 Å². The predicted molar refractivity (Wildman–Crippen MR) is 58.5 cm³/mol. The third-order valence-corrected chi connectivity index (χ3v) is 2.15. The Bertz CT molecular complexity index is 114. The van der Waals surface area contributed by atoms with Gasteiger partial charge < -0.3 is 14.7 Å². The van der Waals surface area contributed by atoms with Crippen molar-refractivity contribution < 1.29 is 9.84 Å². The second-order valence-corrected chi connectivity index (χ2v) is 3.75. The molecule has 0 bridgehead atoms. The van der Waals surface area contributed by atoms with Gasteiger partial charge in [-0.05, 0) is 32.2 Å². The summed E-state index contributed by atoms with van der Waals surface area (Å²) in [4.78, 5) is 2.12. The number of unbranched alkanes of at least 4 members (excludes halogenated alkanes) is 1. The second-order valence-electron chi connectivity index (χ2n) is 3.30. The van der Waals surface area contributed by atoms with Crippen LogP contribution in [0.1, 0.15) is 12.8 Å². The summed E-state index contributed by atoms with van der Waals surface area (Å²) in [6.07, 6.45) is 1.90. The number of hydrogen-bond donors (Lipinski definition) is 2. The Morgan fingerprint density at radius 3 is 2.69 bits per heavy atom. The number of likely N-dealkylation sites (N-methyl/N-ethyl adjacent to an activating group) is 1. The van der Waals surface area contributed by atoms with Crippen LogP contribution in [0.5, 0.6) is 0 Å². The molecule has 3 nitrogen and oxygen atoms in total. The summed E-state index contributed by atoms with van der Waals surface area (Å²) in [5.74, 6) is 0.939. The molecule has 0 aromatic heterocycles. The number of thiol groups is 1. The van der Waals surface area contributed by atoms with Crippen molar-refractivity contribution in [1.29, 1.82) is 0 Å². The van der Waals surface area contributed by atoms with Crippen LogP contribution < -0.4 is 0 Å². The SMILES string of the molecule is COCC(O)CN(C)CCCCS. The fraction of sp³-hybridized carbons (Fsp3) is 1.00. The molecule has 0 radical (unpaired) electrons. The molecule has 0 heterocycles. The minimum atomic E-state index is -0.369. The van der Waals surface area contributed by atoms with E-state index in [0.717, 1.165) is 25.1 Å². The lowest BCUT2D eigenvalue weighted by Gasteiger charge is -2.19. The van der Waals surface area contributed by atoms with Crippen LogP contribution in [0.15, 0.2) is 0 Å². The zero-order valence-electron chi connectivity index (χ0n) is 8.57. The number of methoxy groups -OCH3 is 1. The van der Waals surface area contributed by atoms with Crippen molar-refractivity contribution in [2.45, 2.75) is 18.9 Å². The van der Waals surface area contributed by atoms with Crippen LogP contribution >= 0.6 is 12.6 Å². The predicted octanol–water partition coefficient (Wildman–Crippen LogP) is 0.636. The Labute approximate surface area is 86.5 Å². The Kier molecular flexibility index (Phi) is 8.97. The van der Waals surface area contributed by atoms with Crippen molar-refractivity contribution in [3.05, 3.63) is 0 Å². The largest absolute Gasteiger partial charge is 0.389 e. The molecule has 80 valence electrons. The summed E-state index contributed by atoms with van der Waals surface area (Å²) in [6.45, 7) is 2.11. The molecule has 0 amide bonds. The van der Waals surface area contributed by atoms with Crippen molar-refractivity contribution in [2.75, 3.05) is 39.6 Å². The fourth-order valence-corrected chi connectivity index (χ4v) is 1.41. The summed E-state index contributed by atoms with van der Waals surface area (Å²) in [5.41, 5.74) is 0. The lowest BCUT2D eigenvalue weighted by molar-refractivity contribution is 0.0431. The molecular weight excluding hydrogens is 186 g/mol. The van der Waals surface area contributed by atoms with Crippen LogP contribution in [-0.4, -0.2) is 55.7 Å². The van der Waals surface area contributed by atoms with Gasteiger partial charge in [-0.15, -0.1) is 0 Å². The molecule has 0 spiro atoms. The molecule has 0 aliphatic heterocycles. The monoisotopic (exact) mass is 207 g/mol. The van der Waals surface area contributed by atoms with E-state index >= 15 is 0 Å². The third kappa shape index (κ3) is 8.56. The molecule has 1 N–H and O–H groups in total. The van der Waals surface area contributed by atoms with Crippen LogP contribution in [0, 0.1) is 0 Å². The van der Waals surface area contributed by atoms with Gasteiger partial charge in [-0.1, -0.05) is 0 Å². The highest BCUT2D eigenvalue weighted by molar-refractivity contribution is 7.80. The third-order valence-electron chi connectivity index (χ3n) is 1.83. The van der Waals surface area contributed by atoms with Gasteiger partial charge in [0.25, 0.3) is 0 Å². The van der Waals surface area contributed by atoms with E-state index in [0.29, 0.717) is 13.2 Å². The van der Waals surface area contributed by atoms with Gasteiger partial charge in [0.05, 0.1) is 12.7 Å². The van der Waals surface area contributed by atoms with E-state index < -0.39 is 0 Å². The van der Waals surface area contributed by atoms with Crippen molar-refractivity contribution >= 4 is 12.6 Å². The molecule has 0 aromatic carbocycles. The topological polar surface area (TPSA) is 32.7 Å². The molecule has 0 fully saturated rings. The van der Waals surface area contributed by atoms with Gasteiger partial charge >= 0.3 is 0 Å². The minimum absolute atomic E-state index is 0.369. The fourth-order valence-electron chi connectivity index (χ4n) is 1.19. The zero-order valence-corrected chi connectivity index (χ0v) is 9.46. The van der Waals surface area contributed by atoms with Gasteiger partial charge in [0.1, 0.15) is 0 Å². The normalized spacial score (nSPS) is 13.6. The second kappa shape index (κ2) is 8.81. The highest BCUT2D eigenvalue weighted by Crippen LogP contribution is 1.96. The van der Waals surface area contributed by atoms with Gasteiger partial charge in [-0.3, -0.25) is 0 Å². The van der Waals surface area contributed by atoms with Gasteiger partial charge in [0.15, 0.2) is 0 Å². The van der Waals surface area contributed by atoms with E-state index in [1.807, 2.05) is 7.05 Å². The number of aliphatic hydroxyl groups excluding tert-OH is 1. The number of ether oxygens (including phenoxy) is 1. The molecule has 0 rings (SSSR count). The molecule has 4 heteroatoms. The van der Waals surface area contributed by atoms with Crippen molar-refractivity contribution in [3.8, 4) is 0 Å². The maximum absolute atomic E-state index is 9.39. The van der Waals surface area contributed by atoms with E-state index in [1.54, 1.807) is 7.11 Å². The first-order valence-electron chi connectivity index (χ1n) is 4.67. The maximum Gasteiger partial charge on any atom is 0.0899 e. The van der Waals surface area contributed by atoms with Gasteiger partial charge in [0.2, 0.25) is 0 Å². The quantitative estimate of drug-likeness (QED) is 0.452. The molecule has 0 aliphatic rings. The Balaban J connectivity index is 3.32. The molecule has 0 saturated heterocycles. The van der Waals surface area contributed by atoms with Crippen LogP contribution in [0.2, 0.25) is 0 Å². The first kappa shape index (κ1) is 13.2. The van der Waals surface area contributed by atoms with E-state index in [1.165, 1.54) is 0 Å². The highest BCUT2D eigenvalue weighted by Gasteiger charge is 2.06. The van der Waals surface area contributed by atoms with E-state index in [-0.39, 0.29) is 6.10 Å². The van der Waals surface area contributed by atoms with E-state index in [4.69, 9.17) is 4.74 Å². The average molecular weight is 207 g/mol. The average Bonchev–Trinajstić information content (AvgIpc) is 2.05. The first-order chi connectivity index (χ1) is 6.20. The first-order valence-corrected chi connectivity index (χ1v) is 5.30. The molecular formula is C9H21NO2S. The van der Waals surface area contributed by atoms with Crippen LogP contribution in [0.25, 0.3) is 0 Å². The van der Waals surface area contributed by atoms with Crippen LogP contribution in [0.3, 0.4) is 0 Å². The van der Waals surface area contributed by atoms with Crippen molar-refractivity contribution in [1.82, 2.24) is 4.90 Å². The van der Waals surface area contributed by atoms with E-state index in [2.05, 4.69) is 17.5 Å². The lowest BCUT2D eigenvalue weighted by Crippen LogP contribution is -2.32. The number of nitrogens with zero attached hydrogens (tertiary/aromatic N) is 1. The Hall–Kier alpha value is 0.230. The lowest BCUT2D eigenvalue weighted by atomic mass is 10.3. The number of rotatable bonds is 8. The van der Waals surface area contributed by atoms with Crippen LogP contribution in [0.4, 0.5) is 0 Å². The molecule has 1 unspecified atom stereocenters. The summed E-state index contributed by atoms with van der Waals surface area (Å²) in [6, 6.07) is 0. The standard InChI is InChI=1S/C9H21NO2S/c1-10(5-3-4-6-13)7-9(11)8-12-2/h9,11,13H,3-8H2,1-2H3. The van der Waals surface area contributed by atoms with Gasteiger partial charge in [0, 0.05) is 13.7 Å². The van der Waals surface area contributed by atoms with Crippen molar-refractivity contribution in [2.24, 2.45) is 0 Å². The molecule has 0 aliphatic carbocycles. The molecule has 1 atom stereocenters. The summed E-state index contributed by atoms with van der Waals surface area (Å²) >= 11 is 4.14.